The summed E-state index contributed by atoms with van der Waals surface area (Å²) in [4.78, 5) is 25.9. The molecule has 1 aliphatic carbocycles. The predicted molar refractivity (Wildman–Crippen MR) is 160 cm³/mol. The molecule has 0 saturated carbocycles. The van der Waals surface area contributed by atoms with Crippen molar-refractivity contribution < 1.29 is 14.1 Å². The summed E-state index contributed by atoms with van der Waals surface area (Å²) in [7, 11) is -1.16. The van der Waals surface area contributed by atoms with Crippen LogP contribution in [0.25, 0.3) is 33.7 Å². The number of aromatic nitrogens is 5. The van der Waals surface area contributed by atoms with Crippen LogP contribution in [0.2, 0.25) is 0 Å². The number of amides is 1. The lowest BCUT2D eigenvalue weighted by Crippen LogP contribution is -2.29. The Labute approximate surface area is 239 Å². The van der Waals surface area contributed by atoms with E-state index in [4.69, 9.17) is 14.2 Å². The maximum Gasteiger partial charge on any atom is 0.287 e. The minimum atomic E-state index is -1.16. The topological polar surface area (TPSA) is 135 Å². The molecule has 2 aliphatic rings. The van der Waals surface area contributed by atoms with Gasteiger partial charge in [0.25, 0.3) is 11.8 Å². The molecule has 41 heavy (non-hydrogen) atoms. The van der Waals surface area contributed by atoms with E-state index in [1.165, 1.54) is 0 Å². The van der Waals surface area contributed by atoms with Gasteiger partial charge in [-0.05, 0) is 56.2 Å². The lowest BCUT2D eigenvalue weighted by molar-refractivity contribution is 0.0791. The standard InChI is InChI=1S/C30H31N7O3S/c1-18-27(22-7-8-25-23(13-22)14-26(34-25)30-33-19(2)36-40-30)35-28-29(38)32-16-21-6-5-20(15-31)11-24(12-21)41(3,4)10-9-39-17-37(18)28/h5-8,11-14,24,34H,9-10,16-17H2,1-4H3,(H,32,38). The smallest absolute Gasteiger partial charge is 0.287 e. The summed E-state index contributed by atoms with van der Waals surface area (Å²) < 4.78 is 13.3. The number of aromatic amines is 1. The third-order valence-corrected chi connectivity index (χ3v) is 10.5. The van der Waals surface area contributed by atoms with Crippen LogP contribution in [0.4, 0.5) is 0 Å². The van der Waals surface area contributed by atoms with Gasteiger partial charge in [-0.3, -0.25) is 9.36 Å². The highest BCUT2D eigenvalue weighted by Gasteiger charge is 2.26. The highest BCUT2D eigenvalue weighted by Crippen LogP contribution is 2.47. The van der Waals surface area contributed by atoms with E-state index in [-0.39, 0.29) is 17.9 Å². The normalized spacial score (nSPS) is 19.9. The number of imidazole rings is 1. The van der Waals surface area contributed by atoms with Crippen LogP contribution in [0, 0.1) is 25.2 Å². The Morgan fingerprint density at radius 2 is 2.00 bits per heavy atom. The Bertz CT molecular complexity index is 1800. The number of H-pyrrole nitrogens is 1. The van der Waals surface area contributed by atoms with Gasteiger partial charge in [0.2, 0.25) is 5.82 Å². The first-order chi connectivity index (χ1) is 19.7. The van der Waals surface area contributed by atoms with Gasteiger partial charge in [-0.25, -0.2) is 15.0 Å². The van der Waals surface area contributed by atoms with Crippen molar-refractivity contribution in [3.8, 4) is 28.9 Å². The molecule has 1 amide bonds. The van der Waals surface area contributed by atoms with Crippen molar-refractivity contribution in [3.63, 3.8) is 0 Å². The lowest BCUT2D eigenvalue weighted by atomic mass is 10.1. The maximum absolute atomic E-state index is 13.5. The molecular weight excluding hydrogens is 538 g/mol. The van der Waals surface area contributed by atoms with Crippen LogP contribution in [0.1, 0.15) is 22.1 Å². The number of hydrogen-bond acceptors (Lipinski definition) is 7. The Morgan fingerprint density at radius 1 is 1.15 bits per heavy atom. The van der Waals surface area contributed by atoms with E-state index in [1.807, 2.05) is 54.0 Å². The average molecular weight is 570 g/mol. The Morgan fingerprint density at radius 3 is 2.78 bits per heavy atom. The van der Waals surface area contributed by atoms with Crippen LogP contribution in [0.5, 0.6) is 0 Å². The van der Waals surface area contributed by atoms with Crippen LogP contribution < -0.4 is 5.32 Å². The first-order valence-corrected chi connectivity index (χ1v) is 16.0. The van der Waals surface area contributed by atoms with Crippen LogP contribution in [0.3, 0.4) is 0 Å². The zero-order chi connectivity index (χ0) is 28.7. The monoisotopic (exact) mass is 569 g/mol. The van der Waals surface area contributed by atoms with Crippen molar-refractivity contribution in [1.29, 1.82) is 5.26 Å². The quantitative estimate of drug-likeness (QED) is 0.354. The highest BCUT2D eigenvalue weighted by atomic mass is 32.3. The fourth-order valence-electron chi connectivity index (χ4n) is 5.07. The van der Waals surface area contributed by atoms with E-state index >= 15 is 0 Å². The number of fused-ring (bicyclic) bond motifs is 3. The molecule has 1 aliphatic heterocycles. The van der Waals surface area contributed by atoms with Gasteiger partial charge in [-0.15, -0.1) is 0 Å². The fourth-order valence-corrected chi connectivity index (χ4v) is 6.95. The number of allylic oxidation sites excluding steroid dienone is 2. The van der Waals surface area contributed by atoms with Crippen molar-refractivity contribution in [2.45, 2.75) is 25.8 Å². The second-order valence-electron chi connectivity index (χ2n) is 10.8. The van der Waals surface area contributed by atoms with Gasteiger partial charge in [0, 0.05) is 45.3 Å². The number of ether oxygens (including phenoxy) is 1. The van der Waals surface area contributed by atoms with Gasteiger partial charge < -0.3 is 19.6 Å². The van der Waals surface area contributed by atoms with E-state index in [9.17, 15) is 10.1 Å². The van der Waals surface area contributed by atoms with E-state index < -0.39 is 10.0 Å². The first kappa shape index (κ1) is 26.8. The minimum absolute atomic E-state index is 0.113. The predicted octanol–water partition coefficient (Wildman–Crippen LogP) is 4.79. The molecule has 0 spiro atoms. The van der Waals surface area contributed by atoms with E-state index in [2.05, 4.69) is 45.1 Å². The van der Waals surface area contributed by atoms with Gasteiger partial charge in [0.05, 0.1) is 18.4 Å². The van der Waals surface area contributed by atoms with Gasteiger partial charge >= 0.3 is 0 Å². The number of nitrogens with zero attached hydrogens (tertiary/aromatic N) is 5. The molecule has 10 nitrogen and oxygen atoms in total. The fraction of sp³-hybridized carbons (Fsp3) is 0.300. The Hall–Kier alpha value is -4.40. The highest BCUT2D eigenvalue weighted by molar-refractivity contribution is 8.33. The van der Waals surface area contributed by atoms with Gasteiger partial charge in [0.1, 0.15) is 12.4 Å². The van der Waals surface area contributed by atoms with E-state index in [0.717, 1.165) is 39.2 Å². The number of hydrogen-bond donors (Lipinski definition) is 2. The van der Waals surface area contributed by atoms with Gasteiger partial charge in [-0.1, -0.05) is 29.5 Å². The zero-order valence-corrected chi connectivity index (χ0v) is 24.2. The number of carbonyl (C=O) groups excluding carboxylic acids is 1. The molecule has 2 bridgehead atoms. The van der Waals surface area contributed by atoms with Gasteiger partial charge in [0.15, 0.2) is 5.82 Å². The molecule has 4 heterocycles. The second kappa shape index (κ2) is 10.5. The average Bonchev–Trinajstić information content (AvgIpc) is 3.61. The molecule has 1 unspecified atom stereocenters. The number of nitriles is 1. The number of rotatable bonds is 2. The summed E-state index contributed by atoms with van der Waals surface area (Å²) in [6.45, 7) is 4.82. The summed E-state index contributed by atoms with van der Waals surface area (Å²) in [6, 6.07) is 10.2. The number of nitrogens with one attached hydrogen (secondary N) is 2. The third-order valence-electron chi connectivity index (χ3n) is 7.57. The molecule has 6 rings (SSSR count). The largest absolute Gasteiger partial charge is 0.360 e. The molecule has 0 radical (unpaired) electrons. The van der Waals surface area contributed by atoms with Crippen molar-refractivity contribution in [1.82, 2.24) is 30.0 Å². The van der Waals surface area contributed by atoms with E-state index in [1.54, 1.807) is 6.92 Å². The Balaban J connectivity index is 1.34. The summed E-state index contributed by atoms with van der Waals surface area (Å²) in [5.41, 5.74) is 5.70. The van der Waals surface area contributed by atoms with Crippen molar-refractivity contribution in [2.75, 3.05) is 31.4 Å². The van der Waals surface area contributed by atoms with Crippen LogP contribution in [0.15, 0.2) is 64.2 Å². The van der Waals surface area contributed by atoms with Crippen LogP contribution in [-0.2, 0) is 11.5 Å². The van der Waals surface area contributed by atoms with Crippen molar-refractivity contribution in [2.24, 2.45) is 0 Å². The SMILES string of the molecule is Cc1noc(-c2cc3cc(-c4nc5n(c4C)COCCS(C)(C)C4C=C(C#N)C=CC(=C4)CNC5=O)ccc3[nH]2)n1. The summed E-state index contributed by atoms with van der Waals surface area (Å²) in [6.07, 6.45) is 12.5. The number of benzene rings is 1. The first-order valence-electron chi connectivity index (χ1n) is 13.3. The van der Waals surface area contributed by atoms with Crippen molar-refractivity contribution >= 4 is 26.8 Å². The molecule has 210 valence electrons. The molecule has 1 atom stereocenters. The molecule has 0 fully saturated rings. The molecule has 11 heteroatoms. The molecule has 1 aromatic carbocycles. The minimum Gasteiger partial charge on any atom is -0.360 e. The molecule has 0 saturated heterocycles. The number of aryl methyl sites for hydroxylation is 1. The van der Waals surface area contributed by atoms with E-state index in [0.29, 0.717) is 42.0 Å². The third kappa shape index (κ3) is 5.24. The zero-order valence-electron chi connectivity index (χ0n) is 23.4. The maximum atomic E-state index is 13.5. The summed E-state index contributed by atoms with van der Waals surface area (Å²) in [5.74, 6) is 1.87. The molecule has 2 N–H and O–H groups in total. The molecule has 3 aromatic heterocycles. The molecular formula is C30H31N7O3S. The Kier molecular flexibility index (Phi) is 6.89. The second-order valence-corrected chi connectivity index (χ2v) is 15.0. The van der Waals surface area contributed by atoms with Gasteiger partial charge in [-0.2, -0.15) is 10.2 Å². The summed E-state index contributed by atoms with van der Waals surface area (Å²) >= 11 is 0. The van der Waals surface area contributed by atoms with Crippen molar-refractivity contribution in [3.05, 3.63) is 77.1 Å². The van der Waals surface area contributed by atoms with Crippen LogP contribution in [-0.4, -0.2) is 67.2 Å². The van der Waals surface area contributed by atoms with Crippen LogP contribution >= 0.6 is 10.0 Å². The molecule has 4 aromatic rings. The number of carbonyl (C=O) groups is 1. The summed E-state index contributed by atoms with van der Waals surface area (Å²) in [5, 5.41) is 17.6. The lowest BCUT2D eigenvalue weighted by Gasteiger charge is -2.37.